The molecule has 2 aliphatic heterocycles. The molecule has 7 heteroatoms. The minimum Gasteiger partial charge on any atom is -0.278 e. The minimum atomic E-state index is -0.393. The Labute approximate surface area is 97.8 Å². The molecular formula is C10H13N5O2. The number of hydrogen-bond donors (Lipinski definition) is 1. The van der Waals surface area contributed by atoms with E-state index in [4.69, 9.17) is 0 Å². The fourth-order valence-corrected chi connectivity index (χ4v) is 2.27. The van der Waals surface area contributed by atoms with Gasteiger partial charge < -0.3 is 0 Å². The van der Waals surface area contributed by atoms with Crippen molar-refractivity contribution in [3.8, 4) is 0 Å². The molecule has 1 fully saturated rings. The molecule has 17 heavy (non-hydrogen) atoms. The summed E-state index contributed by atoms with van der Waals surface area (Å²) in [5.41, 5.74) is 1.00. The van der Waals surface area contributed by atoms with Crippen LogP contribution in [-0.2, 0) is 17.8 Å². The lowest BCUT2D eigenvalue weighted by Crippen LogP contribution is -2.50. The first-order valence-electron chi connectivity index (χ1n) is 5.79. The number of aryl methyl sites for hydroxylation is 1. The number of amides is 3. The topological polar surface area (TPSA) is 80.1 Å². The number of carbonyl (C=O) groups excluding carboxylic acids is 2. The molecule has 7 nitrogen and oxygen atoms in total. The summed E-state index contributed by atoms with van der Waals surface area (Å²) in [6.45, 7) is 1.24. The van der Waals surface area contributed by atoms with Crippen LogP contribution in [0.1, 0.15) is 25.0 Å². The van der Waals surface area contributed by atoms with Crippen LogP contribution < -0.4 is 10.2 Å². The van der Waals surface area contributed by atoms with Crippen LogP contribution in [0.5, 0.6) is 0 Å². The standard InChI is InChI=1S/C10H13N5O2/c16-8-4-6-14(10(17)11-8)9-7-3-1-2-5-15(7)13-12-9/h1-6H2,(H,11,16,17). The van der Waals surface area contributed by atoms with E-state index < -0.39 is 6.03 Å². The first-order valence-corrected chi connectivity index (χ1v) is 5.79. The van der Waals surface area contributed by atoms with Gasteiger partial charge in [-0.25, -0.2) is 9.48 Å². The van der Waals surface area contributed by atoms with E-state index in [1.807, 2.05) is 4.68 Å². The molecule has 0 aliphatic carbocycles. The number of fused-ring (bicyclic) bond motifs is 1. The average molecular weight is 235 g/mol. The molecular weight excluding hydrogens is 222 g/mol. The third kappa shape index (κ3) is 1.67. The lowest BCUT2D eigenvalue weighted by atomic mass is 10.1. The highest BCUT2D eigenvalue weighted by molar-refractivity contribution is 6.05. The Hall–Kier alpha value is -1.92. The van der Waals surface area contributed by atoms with Crippen molar-refractivity contribution in [3.05, 3.63) is 5.69 Å². The van der Waals surface area contributed by atoms with Crippen molar-refractivity contribution in [2.75, 3.05) is 11.4 Å². The van der Waals surface area contributed by atoms with Gasteiger partial charge in [-0.2, -0.15) is 0 Å². The number of imide groups is 1. The molecule has 3 rings (SSSR count). The van der Waals surface area contributed by atoms with Gasteiger partial charge in [0.1, 0.15) is 0 Å². The van der Waals surface area contributed by atoms with Crippen LogP contribution >= 0.6 is 0 Å². The molecule has 0 saturated carbocycles. The molecule has 1 N–H and O–H groups in total. The van der Waals surface area contributed by atoms with Gasteiger partial charge in [0, 0.05) is 19.5 Å². The molecule has 0 aromatic carbocycles. The summed E-state index contributed by atoms with van der Waals surface area (Å²) in [4.78, 5) is 24.3. The van der Waals surface area contributed by atoms with Crippen molar-refractivity contribution < 1.29 is 9.59 Å². The second kappa shape index (κ2) is 3.83. The van der Waals surface area contributed by atoms with Crippen LogP contribution in [0.25, 0.3) is 0 Å². The van der Waals surface area contributed by atoms with Gasteiger partial charge in [0.15, 0.2) is 5.82 Å². The molecule has 3 amide bonds. The lowest BCUT2D eigenvalue weighted by Gasteiger charge is -2.25. The highest BCUT2D eigenvalue weighted by atomic mass is 16.2. The summed E-state index contributed by atoms with van der Waals surface area (Å²) in [6, 6.07) is -0.393. The van der Waals surface area contributed by atoms with Crippen LogP contribution in [-0.4, -0.2) is 33.5 Å². The van der Waals surface area contributed by atoms with Gasteiger partial charge >= 0.3 is 6.03 Å². The van der Waals surface area contributed by atoms with E-state index in [1.54, 1.807) is 0 Å². The van der Waals surface area contributed by atoms with E-state index in [0.717, 1.165) is 31.5 Å². The molecule has 1 aromatic heterocycles. The summed E-state index contributed by atoms with van der Waals surface area (Å²) in [5, 5.41) is 10.4. The zero-order chi connectivity index (χ0) is 11.8. The summed E-state index contributed by atoms with van der Waals surface area (Å²) in [5.74, 6) is 0.377. The first kappa shape index (κ1) is 10.2. The number of urea groups is 1. The van der Waals surface area contributed by atoms with Crippen molar-refractivity contribution in [2.24, 2.45) is 0 Å². The number of carbonyl (C=O) groups is 2. The fourth-order valence-electron chi connectivity index (χ4n) is 2.27. The molecule has 0 spiro atoms. The van der Waals surface area contributed by atoms with E-state index in [9.17, 15) is 9.59 Å². The molecule has 1 saturated heterocycles. The zero-order valence-electron chi connectivity index (χ0n) is 9.35. The maximum Gasteiger partial charge on any atom is 0.329 e. The molecule has 0 bridgehead atoms. The van der Waals surface area contributed by atoms with Crippen LogP contribution in [0.2, 0.25) is 0 Å². The maximum absolute atomic E-state index is 11.7. The second-order valence-corrected chi connectivity index (χ2v) is 4.29. The number of hydrogen-bond acceptors (Lipinski definition) is 4. The van der Waals surface area contributed by atoms with Crippen molar-refractivity contribution in [3.63, 3.8) is 0 Å². The van der Waals surface area contributed by atoms with Gasteiger partial charge in [-0.1, -0.05) is 5.21 Å². The van der Waals surface area contributed by atoms with Crippen LogP contribution in [0.3, 0.4) is 0 Å². The molecule has 90 valence electrons. The van der Waals surface area contributed by atoms with E-state index in [0.29, 0.717) is 18.8 Å². The SMILES string of the molecule is O=C1CCN(c2nnn3c2CCCC3)C(=O)N1. The summed E-state index contributed by atoms with van der Waals surface area (Å²) in [7, 11) is 0. The highest BCUT2D eigenvalue weighted by Crippen LogP contribution is 2.24. The number of nitrogens with zero attached hydrogens (tertiary/aromatic N) is 4. The predicted molar refractivity (Wildman–Crippen MR) is 58.5 cm³/mol. The van der Waals surface area contributed by atoms with Crippen LogP contribution in [0.4, 0.5) is 10.6 Å². The lowest BCUT2D eigenvalue weighted by molar-refractivity contribution is -0.120. The van der Waals surface area contributed by atoms with Crippen molar-refractivity contribution in [1.29, 1.82) is 0 Å². The zero-order valence-corrected chi connectivity index (χ0v) is 9.35. The van der Waals surface area contributed by atoms with Gasteiger partial charge in [0.2, 0.25) is 5.91 Å². The highest BCUT2D eigenvalue weighted by Gasteiger charge is 2.29. The van der Waals surface area contributed by atoms with Crippen LogP contribution in [0, 0.1) is 0 Å². The quantitative estimate of drug-likeness (QED) is 0.746. The molecule has 0 atom stereocenters. The Kier molecular flexibility index (Phi) is 2.31. The molecule has 2 aliphatic rings. The Morgan fingerprint density at radius 1 is 1.12 bits per heavy atom. The summed E-state index contributed by atoms with van der Waals surface area (Å²) in [6.07, 6.45) is 3.40. The van der Waals surface area contributed by atoms with Gasteiger partial charge in [-0.3, -0.25) is 15.0 Å². The Bertz CT molecular complexity index is 481. The molecule has 0 unspecified atom stereocenters. The van der Waals surface area contributed by atoms with E-state index in [1.165, 1.54) is 4.90 Å². The summed E-state index contributed by atoms with van der Waals surface area (Å²) < 4.78 is 1.85. The van der Waals surface area contributed by atoms with Crippen LogP contribution in [0.15, 0.2) is 0 Å². The first-order chi connectivity index (χ1) is 8.25. The monoisotopic (exact) mass is 235 g/mol. The number of nitrogens with one attached hydrogen (secondary N) is 1. The summed E-state index contributed by atoms with van der Waals surface area (Å²) >= 11 is 0. The predicted octanol–water partition coefficient (Wildman–Crippen LogP) is 0.0607. The fraction of sp³-hybridized carbons (Fsp3) is 0.600. The molecule has 1 aromatic rings. The normalized spacial score (nSPS) is 20.1. The van der Waals surface area contributed by atoms with Gasteiger partial charge in [-0.05, 0) is 19.3 Å². The van der Waals surface area contributed by atoms with Gasteiger partial charge in [0.05, 0.1) is 5.69 Å². The van der Waals surface area contributed by atoms with E-state index in [2.05, 4.69) is 15.6 Å². The molecule has 3 heterocycles. The number of aromatic nitrogens is 3. The maximum atomic E-state index is 11.7. The average Bonchev–Trinajstić information content (AvgIpc) is 2.73. The van der Waals surface area contributed by atoms with Gasteiger partial charge in [-0.15, -0.1) is 5.10 Å². The second-order valence-electron chi connectivity index (χ2n) is 4.29. The third-order valence-electron chi connectivity index (χ3n) is 3.16. The Morgan fingerprint density at radius 2 is 2.00 bits per heavy atom. The van der Waals surface area contributed by atoms with Gasteiger partial charge in [0.25, 0.3) is 0 Å². The minimum absolute atomic E-state index is 0.229. The number of anilines is 1. The largest absolute Gasteiger partial charge is 0.329 e. The third-order valence-corrected chi connectivity index (χ3v) is 3.16. The van der Waals surface area contributed by atoms with Crippen molar-refractivity contribution in [1.82, 2.24) is 20.3 Å². The van der Waals surface area contributed by atoms with E-state index >= 15 is 0 Å². The van der Waals surface area contributed by atoms with E-state index in [-0.39, 0.29) is 5.91 Å². The van der Waals surface area contributed by atoms with Crippen molar-refractivity contribution in [2.45, 2.75) is 32.2 Å². The number of rotatable bonds is 1. The Balaban J connectivity index is 1.91. The smallest absolute Gasteiger partial charge is 0.278 e. The Morgan fingerprint density at radius 3 is 2.82 bits per heavy atom. The molecule has 0 radical (unpaired) electrons. The van der Waals surface area contributed by atoms with Crippen molar-refractivity contribution >= 4 is 17.8 Å².